The summed E-state index contributed by atoms with van der Waals surface area (Å²) in [5.41, 5.74) is 1.09. The Labute approximate surface area is 113 Å². The molecule has 1 heterocycles. The Morgan fingerprint density at radius 1 is 1.44 bits per heavy atom. The zero-order valence-electron chi connectivity index (χ0n) is 10.7. The SMILES string of the molecule is C=C[C@H](c1cc(Cl)ccc1OC)N1CCNCC1. The maximum absolute atomic E-state index is 6.09. The zero-order valence-corrected chi connectivity index (χ0v) is 11.4. The van der Waals surface area contributed by atoms with E-state index in [2.05, 4.69) is 16.8 Å². The molecule has 0 amide bonds. The fraction of sp³-hybridized carbons (Fsp3) is 0.429. The number of nitrogens with one attached hydrogen (secondary N) is 1. The van der Waals surface area contributed by atoms with Crippen LogP contribution in [0.25, 0.3) is 0 Å². The van der Waals surface area contributed by atoms with Crippen molar-refractivity contribution in [3.8, 4) is 5.75 Å². The molecule has 1 fully saturated rings. The quantitative estimate of drug-likeness (QED) is 0.848. The van der Waals surface area contributed by atoms with E-state index in [1.165, 1.54) is 0 Å². The summed E-state index contributed by atoms with van der Waals surface area (Å²) in [6.45, 7) is 7.98. The summed E-state index contributed by atoms with van der Waals surface area (Å²) in [6.07, 6.45) is 1.96. The molecule has 0 aliphatic carbocycles. The second-order valence-corrected chi connectivity index (χ2v) is 4.79. The number of nitrogens with zero attached hydrogens (tertiary/aromatic N) is 1. The lowest BCUT2D eigenvalue weighted by Crippen LogP contribution is -2.44. The molecule has 0 bridgehead atoms. The summed E-state index contributed by atoms with van der Waals surface area (Å²) in [5.74, 6) is 0.864. The van der Waals surface area contributed by atoms with Crippen LogP contribution in [0.4, 0.5) is 0 Å². The van der Waals surface area contributed by atoms with Crippen molar-refractivity contribution in [1.82, 2.24) is 10.2 Å². The molecule has 1 aromatic carbocycles. The van der Waals surface area contributed by atoms with Gasteiger partial charge in [-0.25, -0.2) is 0 Å². The van der Waals surface area contributed by atoms with Crippen LogP contribution >= 0.6 is 11.6 Å². The zero-order chi connectivity index (χ0) is 13.0. The number of ether oxygens (including phenoxy) is 1. The van der Waals surface area contributed by atoms with Gasteiger partial charge in [0, 0.05) is 36.8 Å². The molecule has 3 nitrogen and oxygen atoms in total. The largest absolute Gasteiger partial charge is 0.496 e. The highest BCUT2D eigenvalue weighted by Crippen LogP contribution is 2.32. The van der Waals surface area contributed by atoms with Gasteiger partial charge in [-0.3, -0.25) is 4.90 Å². The van der Waals surface area contributed by atoms with E-state index < -0.39 is 0 Å². The topological polar surface area (TPSA) is 24.5 Å². The van der Waals surface area contributed by atoms with Crippen molar-refractivity contribution in [3.05, 3.63) is 41.4 Å². The number of benzene rings is 1. The van der Waals surface area contributed by atoms with E-state index >= 15 is 0 Å². The second-order valence-electron chi connectivity index (χ2n) is 4.35. The van der Waals surface area contributed by atoms with Gasteiger partial charge in [-0.05, 0) is 18.2 Å². The lowest BCUT2D eigenvalue weighted by Gasteiger charge is -2.34. The van der Waals surface area contributed by atoms with Gasteiger partial charge in [0.2, 0.25) is 0 Å². The van der Waals surface area contributed by atoms with Gasteiger partial charge in [0.15, 0.2) is 0 Å². The second kappa shape index (κ2) is 6.23. The van der Waals surface area contributed by atoms with Gasteiger partial charge in [0.05, 0.1) is 13.2 Å². The molecule has 1 aliphatic heterocycles. The number of methoxy groups -OCH3 is 1. The minimum atomic E-state index is 0.153. The molecule has 1 saturated heterocycles. The van der Waals surface area contributed by atoms with E-state index in [9.17, 15) is 0 Å². The molecule has 0 radical (unpaired) electrons. The monoisotopic (exact) mass is 266 g/mol. The van der Waals surface area contributed by atoms with Crippen molar-refractivity contribution in [3.63, 3.8) is 0 Å². The summed E-state index contributed by atoms with van der Waals surface area (Å²) in [7, 11) is 1.69. The molecule has 0 spiro atoms. The Morgan fingerprint density at radius 3 is 2.78 bits per heavy atom. The van der Waals surface area contributed by atoms with Gasteiger partial charge in [0.1, 0.15) is 5.75 Å². The molecule has 2 rings (SSSR count). The van der Waals surface area contributed by atoms with Gasteiger partial charge >= 0.3 is 0 Å². The molecule has 4 heteroatoms. The summed E-state index contributed by atoms with van der Waals surface area (Å²) >= 11 is 6.09. The first-order valence-corrected chi connectivity index (χ1v) is 6.55. The molecule has 0 unspecified atom stereocenters. The van der Waals surface area contributed by atoms with E-state index in [1.54, 1.807) is 7.11 Å². The summed E-state index contributed by atoms with van der Waals surface area (Å²) in [5, 5.41) is 4.08. The third kappa shape index (κ3) is 2.86. The normalized spacial score (nSPS) is 18.3. The Hall–Kier alpha value is -1.03. The number of halogens is 1. The molecular weight excluding hydrogens is 248 g/mol. The molecule has 1 aliphatic rings. The first-order valence-electron chi connectivity index (χ1n) is 6.17. The van der Waals surface area contributed by atoms with Gasteiger partial charge in [-0.1, -0.05) is 17.7 Å². The Kier molecular flexibility index (Phi) is 4.64. The average molecular weight is 267 g/mol. The third-order valence-corrected chi connectivity index (χ3v) is 3.51. The Morgan fingerprint density at radius 2 is 2.17 bits per heavy atom. The van der Waals surface area contributed by atoms with E-state index in [1.807, 2.05) is 24.3 Å². The number of hydrogen-bond donors (Lipinski definition) is 1. The molecule has 18 heavy (non-hydrogen) atoms. The highest BCUT2D eigenvalue weighted by molar-refractivity contribution is 6.30. The van der Waals surface area contributed by atoms with Crippen LogP contribution < -0.4 is 10.1 Å². The highest BCUT2D eigenvalue weighted by Gasteiger charge is 2.22. The van der Waals surface area contributed by atoms with E-state index in [0.717, 1.165) is 42.5 Å². The summed E-state index contributed by atoms with van der Waals surface area (Å²) in [4.78, 5) is 2.39. The predicted octanol–water partition coefficient (Wildman–Crippen LogP) is 2.48. The Balaban J connectivity index is 2.30. The first-order chi connectivity index (χ1) is 8.76. The summed E-state index contributed by atoms with van der Waals surface area (Å²) in [6, 6.07) is 5.88. The standard InChI is InChI=1S/C14H19ClN2O/c1-3-13(17-8-6-16-7-9-17)12-10-11(15)4-5-14(12)18-2/h3-5,10,13,16H,1,6-9H2,2H3/t13-/m1/s1. The van der Waals surface area contributed by atoms with Crippen LogP contribution in [0.5, 0.6) is 5.75 Å². The molecule has 1 atom stereocenters. The van der Waals surface area contributed by atoms with Crippen molar-refractivity contribution in [1.29, 1.82) is 0 Å². The van der Waals surface area contributed by atoms with Gasteiger partial charge < -0.3 is 10.1 Å². The maximum Gasteiger partial charge on any atom is 0.124 e. The molecule has 98 valence electrons. The lowest BCUT2D eigenvalue weighted by molar-refractivity contribution is 0.200. The van der Waals surface area contributed by atoms with E-state index in [4.69, 9.17) is 16.3 Å². The van der Waals surface area contributed by atoms with E-state index in [0.29, 0.717) is 0 Å². The number of piperazine rings is 1. The van der Waals surface area contributed by atoms with Gasteiger partial charge in [-0.15, -0.1) is 6.58 Å². The average Bonchev–Trinajstić information content (AvgIpc) is 2.41. The lowest BCUT2D eigenvalue weighted by atomic mass is 10.0. The molecular formula is C14H19ClN2O. The Bertz CT molecular complexity index is 416. The molecule has 0 aromatic heterocycles. The van der Waals surface area contributed by atoms with Crippen LogP contribution in [0.1, 0.15) is 11.6 Å². The minimum Gasteiger partial charge on any atom is -0.496 e. The van der Waals surface area contributed by atoms with Gasteiger partial charge in [-0.2, -0.15) is 0 Å². The fourth-order valence-corrected chi connectivity index (χ4v) is 2.55. The van der Waals surface area contributed by atoms with Crippen molar-refractivity contribution < 1.29 is 4.74 Å². The minimum absolute atomic E-state index is 0.153. The smallest absolute Gasteiger partial charge is 0.124 e. The van der Waals surface area contributed by atoms with Crippen LogP contribution in [0, 0.1) is 0 Å². The van der Waals surface area contributed by atoms with E-state index in [-0.39, 0.29) is 6.04 Å². The third-order valence-electron chi connectivity index (χ3n) is 3.28. The maximum atomic E-state index is 6.09. The number of rotatable bonds is 4. The highest BCUT2D eigenvalue weighted by atomic mass is 35.5. The van der Waals surface area contributed by atoms with Crippen LogP contribution in [-0.4, -0.2) is 38.2 Å². The molecule has 1 N–H and O–H groups in total. The first kappa shape index (κ1) is 13.4. The predicted molar refractivity (Wildman–Crippen MR) is 75.4 cm³/mol. The summed E-state index contributed by atoms with van der Waals surface area (Å²) < 4.78 is 5.43. The van der Waals surface area contributed by atoms with Crippen molar-refractivity contribution in [2.75, 3.05) is 33.3 Å². The molecule has 1 aromatic rings. The van der Waals surface area contributed by atoms with Gasteiger partial charge in [0.25, 0.3) is 0 Å². The molecule has 0 saturated carbocycles. The fourth-order valence-electron chi connectivity index (χ4n) is 2.37. The number of hydrogen-bond acceptors (Lipinski definition) is 3. The van der Waals surface area contributed by atoms with Crippen molar-refractivity contribution in [2.45, 2.75) is 6.04 Å². The van der Waals surface area contributed by atoms with Crippen molar-refractivity contribution in [2.24, 2.45) is 0 Å². The van der Waals surface area contributed by atoms with Crippen LogP contribution in [0.15, 0.2) is 30.9 Å². The van der Waals surface area contributed by atoms with Crippen LogP contribution in [0.3, 0.4) is 0 Å². The van der Waals surface area contributed by atoms with Crippen LogP contribution in [-0.2, 0) is 0 Å². The van der Waals surface area contributed by atoms with Crippen LogP contribution in [0.2, 0.25) is 5.02 Å². The van der Waals surface area contributed by atoms with Crippen molar-refractivity contribution >= 4 is 11.6 Å².